The molecule has 2 N–H and O–H groups in total. The third-order valence-corrected chi connectivity index (χ3v) is 5.60. The van der Waals surface area contributed by atoms with Crippen molar-refractivity contribution in [3.63, 3.8) is 0 Å². The number of aliphatic hydroxyl groups is 1. The number of aryl methyl sites for hydroxylation is 2. The number of anilines is 1. The molecule has 5 nitrogen and oxygen atoms in total. The second kappa shape index (κ2) is 8.11. The maximum absolute atomic E-state index is 13.1. The van der Waals surface area contributed by atoms with Crippen LogP contribution in [0.25, 0.3) is 5.76 Å². The first-order chi connectivity index (χ1) is 14.9. The van der Waals surface area contributed by atoms with Crippen molar-refractivity contribution in [1.29, 1.82) is 0 Å². The lowest BCUT2D eigenvalue weighted by Gasteiger charge is -2.25. The monoisotopic (exact) mass is 413 g/mol. The summed E-state index contributed by atoms with van der Waals surface area (Å²) >= 11 is 0. The number of aliphatic hydroxyl groups excluding tert-OH is 1. The van der Waals surface area contributed by atoms with Gasteiger partial charge in [0.1, 0.15) is 11.5 Å². The van der Waals surface area contributed by atoms with Crippen molar-refractivity contribution < 1.29 is 19.8 Å². The number of nitrogens with zero attached hydrogens (tertiary/aromatic N) is 1. The normalized spacial score (nSPS) is 17.9. The summed E-state index contributed by atoms with van der Waals surface area (Å²) in [6.07, 6.45) is 0.854. The molecule has 0 saturated carbocycles. The molecule has 0 aromatic heterocycles. The summed E-state index contributed by atoms with van der Waals surface area (Å²) in [6.45, 7) is 3.97. The number of rotatable bonds is 4. The van der Waals surface area contributed by atoms with Crippen LogP contribution in [0, 0.1) is 6.92 Å². The van der Waals surface area contributed by atoms with E-state index in [0.29, 0.717) is 16.8 Å². The van der Waals surface area contributed by atoms with Gasteiger partial charge in [0, 0.05) is 11.3 Å². The van der Waals surface area contributed by atoms with Gasteiger partial charge in [-0.15, -0.1) is 0 Å². The zero-order valence-electron chi connectivity index (χ0n) is 17.4. The zero-order valence-corrected chi connectivity index (χ0v) is 17.4. The summed E-state index contributed by atoms with van der Waals surface area (Å²) in [5.41, 5.74) is 3.81. The largest absolute Gasteiger partial charge is 0.508 e. The van der Waals surface area contributed by atoms with Crippen LogP contribution in [0.15, 0.2) is 78.4 Å². The molecule has 4 rings (SSSR count). The number of aromatic hydroxyl groups is 1. The molecular formula is C26H23NO4. The Kier molecular flexibility index (Phi) is 5.34. The molecule has 1 atom stereocenters. The third-order valence-electron chi connectivity index (χ3n) is 5.60. The molecule has 1 fully saturated rings. The van der Waals surface area contributed by atoms with Crippen LogP contribution < -0.4 is 4.90 Å². The number of Topliss-reactive ketones (excluding diaryl/α,β-unsaturated/α-hetero) is 1. The SMILES string of the molecule is CCc1ccc(/C(O)=C2\C(=O)C(=O)N(c3ccc(C)cc3)C2c2ccc(O)cc2)cc1. The quantitative estimate of drug-likeness (QED) is 0.363. The van der Waals surface area contributed by atoms with Gasteiger partial charge in [0.2, 0.25) is 0 Å². The van der Waals surface area contributed by atoms with Crippen molar-refractivity contribution in [3.05, 3.63) is 101 Å². The Morgan fingerprint density at radius 3 is 2.10 bits per heavy atom. The average Bonchev–Trinajstić information content (AvgIpc) is 3.05. The molecule has 31 heavy (non-hydrogen) atoms. The Balaban J connectivity index is 1.91. The second-order valence-electron chi connectivity index (χ2n) is 7.65. The van der Waals surface area contributed by atoms with E-state index in [4.69, 9.17) is 0 Å². The molecule has 0 radical (unpaired) electrons. The number of phenols is 1. The fourth-order valence-electron chi connectivity index (χ4n) is 3.83. The van der Waals surface area contributed by atoms with Gasteiger partial charge in [-0.25, -0.2) is 0 Å². The van der Waals surface area contributed by atoms with Gasteiger partial charge in [-0.2, -0.15) is 0 Å². The molecule has 0 bridgehead atoms. The molecule has 1 heterocycles. The number of carbonyl (C=O) groups is 2. The number of ketones is 1. The van der Waals surface area contributed by atoms with Crippen LogP contribution in [0.5, 0.6) is 5.75 Å². The van der Waals surface area contributed by atoms with Crippen LogP contribution in [-0.2, 0) is 16.0 Å². The summed E-state index contributed by atoms with van der Waals surface area (Å²) in [6, 6.07) is 20.1. The Hall–Kier alpha value is -3.86. The zero-order chi connectivity index (χ0) is 22.1. The minimum Gasteiger partial charge on any atom is -0.508 e. The van der Waals surface area contributed by atoms with E-state index in [0.717, 1.165) is 17.5 Å². The number of phenolic OH excluding ortho intramolecular Hbond substituents is 1. The van der Waals surface area contributed by atoms with Gasteiger partial charge in [-0.05, 0) is 48.7 Å². The predicted octanol–water partition coefficient (Wildman–Crippen LogP) is 4.89. The summed E-state index contributed by atoms with van der Waals surface area (Å²) in [7, 11) is 0. The van der Waals surface area contributed by atoms with E-state index in [1.165, 1.54) is 17.0 Å². The first-order valence-corrected chi connectivity index (χ1v) is 10.2. The molecule has 1 aliphatic heterocycles. The lowest BCUT2D eigenvalue weighted by Crippen LogP contribution is -2.29. The third kappa shape index (κ3) is 3.70. The molecule has 0 spiro atoms. The Morgan fingerprint density at radius 1 is 0.903 bits per heavy atom. The molecule has 1 amide bonds. The first kappa shape index (κ1) is 20.4. The number of hydrogen-bond donors (Lipinski definition) is 2. The number of carbonyl (C=O) groups excluding carboxylic acids is 2. The first-order valence-electron chi connectivity index (χ1n) is 10.2. The van der Waals surface area contributed by atoms with Crippen LogP contribution in [0.1, 0.15) is 35.2 Å². The highest BCUT2D eigenvalue weighted by atomic mass is 16.3. The highest BCUT2D eigenvalue weighted by Gasteiger charge is 2.46. The Labute approximate surface area is 180 Å². The van der Waals surface area contributed by atoms with Crippen molar-refractivity contribution >= 4 is 23.1 Å². The van der Waals surface area contributed by atoms with Crippen molar-refractivity contribution in [2.45, 2.75) is 26.3 Å². The fourth-order valence-corrected chi connectivity index (χ4v) is 3.83. The highest BCUT2D eigenvalue weighted by molar-refractivity contribution is 6.51. The summed E-state index contributed by atoms with van der Waals surface area (Å²) in [4.78, 5) is 27.6. The van der Waals surface area contributed by atoms with Gasteiger partial charge in [0.15, 0.2) is 0 Å². The highest BCUT2D eigenvalue weighted by Crippen LogP contribution is 2.42. The van der Waals surface area contributed by atoms with E-state index in [9.17, 15) is 19.8 Å². The van der Waals surface area contributed by atoms with E-state index < -0.39 is 17.7 Å². The Morgan fingerprint density at radius 2 is 1.52 bits per heavy atom. The smallest absolute Gasteiger partial charge is 0.300 e. The van der Waals surface area contributed by atoms with Gasteiger partial charge >= 0.3 is 0 Å². The molecule has 0 aliphatic carbocycles. The maximum Gasteiger partial charge on any atom is 0.300 e. The van der Waals surface area contributed by atoms with Gasteiger partial charge in [-0.3, -0.25) is 14.5 Å². The molecule has 3 aromatic carbocycles. The second-order valence-corrected chi connectivity index (χ2v) is 7.65. The van der Waals surface area contributed by atoms with Crippen molar-refractivity contribution in [3.8, 4) is 5.75 Å². The van der Waals surface area contributed by atoms with Gasteiger partial charge in [-0.1, -0.05) is 61.0 Å². The number of benzene rings is 3. The summed E-state index contributed by atoms with van der Waals surface area (Å²) < 4.78 is 0. The molecule has 3 aromatic rings. The summed E-state index contributed by atoms with van der Waals surface area (Å²) in [5.74, 6) is -1.58. The fraction of sp³-hybridized carbons (Fsp3) is 0.154. The van der Waals surface area contributed by atoms with Crippen LogP contribution in [0.2, 0.25) is 0 Å². The van der Waals surface area contributed by atoms with Crippen molar-refractivity contribution in [2.24, 2.45) is 0 Å². The van der Waals surface area contributed by atoms with Crippen LogP contribution >= 0.6 is 0 Å². The standard InChI is InChI=1S/C26H23NO4/c1-3-17-6-8-19(9-7-17)24(29)22-23(18-10-14-21(28)15-11-18)27(26(31)25(22)30)20-12-4-16(2)5-13-20/h4-15,23,28-29H,3H2,1-2H3/b24-22+. The van der Waals surface area contributed by atoms with E-state index in [2.05, 4.69) is 0 Å². The molecular weight excluding hydrogens is 390 g/mol. The molecule has 1 unspecified atom stereocenters. The van der Waals surface area contributed by atoms with E-state index >= 15 is 0 Å². The number of amides is 1. The molecule has 1 saturated heterocycles. The van der Waals surface area contributed by atoms with E-state index in [1.54, 1.807) is 36.4 Å². The lowest BCUT2D eigenvalue weighted by atomic mass is 9.94. The average molecular weight is 413 g/mol. The van der Waals surface area contributed by atoms with Crippen LogP contribution in [-0.4, -0.2) is 21.9 Å². The molecule has 5 heteroatoms. The maximum atomic E-state index is 13.1. The minimum atomic E-state index is -0.811. The minimum absolute atomic E-state index is 0.0283. The van der Waals surface area contributed by atoms with Crippen molar-refractivity contribution in [1.82, 2.24) is 0 Å². The van der Waals surface area contributed by atoms with Gasteiger partial charge in [0.25, 0.3) is 11.7 Å². The Bertz CT molecular complexity index is 1160. The van der Waals surface area contributed by atoms with E-state index in [1.807, 2.05) is 38.1 Å². The molecule has 1 aliphatic rings. The van der Waals surface area contributed by atoms with Crippen molar-refractivity contribution in [2.75, 3.05) is 4.90 Å². The van der Waals surface area contributed by atoms with Crippen LogP contribution in [0.3, 0.4) is 0 Å². The number of hydrogen-bond acceptors (Lipinski definition) is 4. The van der Waals surface area contributed by atoms with Gasteiger partial charge in [0.05, 0.1) is 11.6 Å². The molecule has 156 valence electrons. The van der Waals surface area contributed by atoms with Gasteiger partial charge < -0.3 is 10.2 Å². The topological polar surface area (TPSA) is 77.8 Å². The summed E-state index contributed by atoms with van der Waals surface area (Å²) in [5, 5.41) is 20.8. The predicted molar refractivity (Wildman–Crippen MR) is 120 cm³/mol. The van der Waals surface area contributed by atoms with E-state index in [-0.39, 0.29) is 17.1 Å². The van der Waals surface area contributed by atoms with Crippen LogP contribution in [0.4, 0.5) is 5.69 Å². The lowest BCUT2D eigenvalue weighted by molar-refractivity contribution is -0.132.